The van der Waals surface area contributed by atoms with Gasteiger partial charge in [-0.25, -0.2) is 0 Å². The maximum Gasteiger partial charge on any atom is 0.359 e. The minimum atomic E-state index is -4.40. The molecule has 0 unspecified atom stereocenters. The van der Waals surface area contributed by atoms with Crippen molar-refractivity contribution < 1.29 is 28.7 Å². The molecule has 0 aromatic heterocycles. The van der Waals surface area contributed by atoms with E-state index in [1.165, 1.54) is 12.8 Å². The highest BCUT2D eigenvalue weighted by atomic mass is 31.2. The average molecular weight is 390 g/mol. The van der Waals surface area contributed by atoms with Crippen molar-refractivity contribution in [3.8, 4) is 0 Å². The van der Waals surface area contributed by atoms with E-state index >= 15 is 0 Å². The van der Waals surface area contributed by atoms with Crippen LogP contribution in [0.15, 0.2) is 0 Å². The van der Waals surface area contributed by atoms with E-state index in [1.807, 2.05) is 0 Å². The molecule has 1 rings (SSSR count). The minimum absolute atomic E-state index is 0.0254. The Morgan fingerprint density at radius 2 is 1.29 bits per heavy atom. The minimum Gasteiger partial charge on any atom is -0.330 e. The summed E-state index contributed by atoms with van der Waals surface area (Å²) in [5.41, 5.74) is 10.6. The zero-order valence-corrected chi connectivity index (χ0v) is 15.7. The first-order valence-corrected chi connectivity index (χ1v) is 11.5. The van der Waals surface area contributed by atoms with Gasteiger partial charge < -0.3 is 31.0 Å². The highest BCUT2D eigenvalue weighted by Gasteiger charge is 2.48. The molecule has 0 aromatic carbocycles. The van der Waals surface area contributed by atoms with Crippen LogP contribution in [0.2, 0.25) is 0 Å². The van der Waals surface area contributed by atoms with E-state index in [2.05, 4.69) is 10.6 Å². The van der Waals surface area contributed by atoms with Gasteiger partial charge in [-0.3, -0.25) is 19.8 Å². The molecule has 0 bridgehead atoms. The van der Waals surface area contributed by atoms with Crippen LogP contribution >= 0.6 is 15.2 Å². The van der Waals surface area contributed by atoms with Gasteiger partial charge in [0.2, 0.25) is 0 Å². The van der Waals surface area contributed by atoms with Gasteiger partial charge >= 0.3 is 15.2 Å². The SMILES string of the molecule is NCCCCCCN.O=P(O)(O)CCCC1(P(=O)(O)O)NCCN1. The monoisotopic (exact) mass is 390 g/mol. The molecule has 0 aromatic rings. The Balaban J connectivity index is 0.000000561. The molecule has 0 amide bonds. The average Bonchev–Trinajstić information content (AvgIpc) is 2.93. The number of nitrogens with one attached hydrogen (secondary N) is 2. The largest absolute Gasteiger partial charge is 0.359 e. The van der Waals surface area contributed by atoms with E-state index in [1.54, 1.807) is 0 Å². The fourth-order valence-electron chi connectivity index (χ4n) is 2.31. The third-order valence-corrected chi connectivity index (χ3v) is 6.04. The summed E-state index contributed by atoms with van der Waals surface area (Å²) in [5, 5.41) is 3.81. The molecule has 12 heteroatoms. The number of hydrogen-bond acceptors (Lipinski definition) is 6. The summed E-state index contributed by atoms with van der Waals surface area (Å²) in [6.45, 7) is 2.48. The molecule has 0 spiro atoms. The summed E-state index contributed by atoms with van der Waals surface area (Å²) in [6.07, 6.45) is 4.43. The van der Waals surface area contributed by atoms with Crippen molar-refractivity contribution in [2.24, 2.45) is 11.5 Å². The van der Waals surface area contributed by atoms with Crippen LogP contribution in [0.25, 0.3) is 0 Å². The van der Waals surface area contributed by atoms with E-state index in [9.17, 15) is 18.9 Å². The highest BCUT2D eigenvalue weighted by molar-refractivity contribution is 7.53. The first-order chi connectivity index (χ1) is 11.1. The van der Waals surface area contributed by atoms with Gasteiger partial charge in [-0.15, -0.1) is 0 Å². The fourth-order valence-corrected chi connectivity index (χ4v) is 3.97. The second-order valence-electron chi connectivity index (χ2n) is 5.74. The topological polar surface area (TPSA) is 191 Å². The van der Waals surface area contributed by atoms with Crippen LogP contribution in [0.3, 0.4) is 0 Å². The number of rotatable bonds is 10. The normalized spacial score (nSPS) is 17.4. The molecule has 10 N–H and O–H groups in total. The van der Waals surface area contributed by atoms with Crippen LogP contribution in [0, 0.1) is 0 Å². The quantitative estimate of drug-likeness (QED) is 0.177. The molecule has 0 saturated carbocycles. The van der Waals surface area contributed by atoms with E-state index < -0.39 is 20.6 Å². The number of hydrogen-bond donors (Lipinski definition) is 8. The van der Waals surface area contributed by atoms with Gasteiger partial charge in [-0.05, 0) is 38.8 Å². The summed E-state index contributed by atoms with van der Waals surface area (Å²) < 4.78 is 21.9. The van der Waals surface area contributed by atoms with Gasteiger partial charge in [0.15, 0.2) is 5.40 Å². The molecular formula is C12H32N4O6P2. The molecule has 0 atom stereocenters. The Kier molecular flexibility index (Phi) is 11.8. The van der Waals surface area contributed by atoms with Gasteiger partial charge in [-0.1, -0.05) is 12.8 Å². The molecule has 1 fully saturated rings. The number of unbranched alkanes of at least 4 members (excludes halogenated alkanes) is 3. The van der Waals surface area contributed by atoms with Crippen LogP contribution in [0.4, 0.5) is 0 Å². The predicted octanol–water partition coefficient (Wildman–Crippen LogP) is -0.567. The lowest BCUT2D eigenvalue weighted by atomic mass is 10.2. The van der Waals surface area contributed by atoms with Crippen LogP contribution in [-0.2, 0) is 9.13 Å². The Morgan fingerprint density at radius 1 is 0.833 bits per heavy atom. The van der Waals surface area contributed by atoms with Crippen LogP contribution in [0.1, 0.15) is 38.5 Å². The Bertz CT molecular complexity index is 416. The van der Waals surface area contributed by atoms with E-state index in [0.717, 1.165) is 25.9 Å². The van der Waals surface area contributed by atoms with Crippen LogP contribution in [-0.4, -0.2) is 57.3 Å². The Morgan fingerprint density at radius 3 is 1.62 bits per heavy atom. The predicted molar refractivity (Wildman–Crippen MR) is 93.5 cm³/mol. The molecule has 0 radical (unpaired) electrons. The lowest BCUT2D eigenvalue weighted by molar-refractivity contribution is 0.284. The molecule has 1 aliphatic rings. The van der Waals surface area contributed by atoms with Crippen molar-refractivity contribution in [1.82, 2.24) is 10.6 Å². The molecule has 146 valence electrons. The highest BCUT2D eigenvalue weighted by Crippen LogP contribution is 2.51. The van der Waals surface area contributed by atoms with Crippen molar-refractivity contribution in [2.45, 2.75) is 43.9 Å². The maximum absolute atomic E-state index is 11.3. The van der Waals surface area contributed by atoms with E-state index in [-0.39, 0.29) is 19.0 Å². The van der Waals surface area contributed by atoms with E-state index in [0.29, 0.717) is 13.1 Å². The lowest BCUT2D eigenvalue weighted by Gasteiger charge is -2.30. The third kappa shape index (κ3) is 10.2. The summed E-state index contributed by atoms with van der Waals surface area (Å²) in [5.74, 6) is 0. The molecule has 10 nitrogen and oxygen atoms in total. The second kappa shape index (κ2) is 11.7. The Labute approximate surface area is 143 Å². The standard InChI is InChI=1S/C6H16N2O6P2.C6H16N2/c9-15(10,11)5-1-2-6(16(12,13)14)7-3-4-8-6;7-5-3-1-2-4-6-8/h7-8H,1-5H2,(H2,9,10,11)(H2,12,13,14);1-8H2. The van der Waals surface area contributed by atoms with E-state index in [4.69, 9.17) is 21.3 Å². The summed E-state index contributed by atoms with van der Waals surface area (Å²) in [4.78, 5) is 35.7. The molecule has 1 saturated heterocycles. The third-order valence-electron chi connectivity index (χ3n) is 3.60. The summed E-state index contributed by atoms with van der Waals surface area (Å²) in [7, 11) is -8.51. The fraction of sp³-hybridized carbons (Fsp3) is 1.00. The maximum atomic E-state index is 11.3. The van der Waals surface area contributed by atoms with Crippen molar-refractivity contribution in [3.05, 3.63) is 0 Å². The lowest BCUT2D eigenvalue weighted by Crippen LogP contribution is -2.48. The van der Waals surface area contributed by atoms with Crippen LogP contribution in [0.5, 0.6) is 0 Å². The van der Waals surface area contributed by atoms with Gasteiger partial charge in [-0.2, -0.15) is 0 Å². The smallest absolute Gasteiger partial charge is 0.330 e. The molecular weight excluding hydrogens is 358 g/mol. The van der Waals surface area contributed by atoms with Crippen molar-refractivity contribution >= 4 is 15.2 Å². The number of nitrogens with two attached hydrogens (primary N) is 2. The summed E-state index contributed by atoms with van der Waals surface area (Å²) in [6, 6.07) is 0. The summed E-state index contributed by atoms with van der Waals surface area (Å²) >= 11 is 0. The first kappa shape index (κ1) is 24.1. The van der Waals surface area contributed by atoms with Crippen LogP contribution < -0.4 is 22.1 Å². The van der Waals surface area contributed by atoms with Crippen molar-refractivity contribution in [3.63, 3.8) is 0 Å². The van der Waals surface area contributed by atoms with Gasteiger partial charge in [0.05, 0.1) is 0 Å². The molecule has 0 aliphatic carbocycles. The van der Waals surface area contributed by atoms with Gasteiger partial charge in [0.25, 0.3) is 0 Å². The Hall–Kier alpha value is 0.140. The first-order valence-electron chi connectivity index (χ1n) is 8.08. The molecule has 1 heterocycles. The van der Waals surface area contributed by atoms with Crippen molar-refractivity contribution in [2.75, 3.05) is 32.3 Å². The zero-order chi connectivity index (χ0) is 18.7. The van der Waals surface area contributed by atoms with Crippen molar-refractivity contribution in [1.29, 1.82) is 0 Å². The molecule has 1 aliphatic heterocycles. The zero-order valence-electron chi connectivity index (χ0n) is 13.9. The van der Waals surface area contributed by atoms with Gasteiger partial charge in [0.1, 0.15) is 0 Å². The molecule has 24 heavy (non-hydrogen) atoms. The van der Waals surface area contributed by atoms with Gasteiger partial charge in [0, 0.05) is 19.3 Å². The second-order valence-corrected chi connectivity index (χ2v) is 9.37.